The van der Waals surface area contributed by atoms with Crippen LogP contribution in [0.15, 0.2) is 36.1 Å². The molecule has 0 saturated carbocycles. The van der Waals surface area contributed by atoms with Gasteiger partial charge in [0, 0.05) is 12.4 Å². The molecule has 0 bridgehead atoms. The van der Waals surface area contributed by atoms with Gasteiger partial charge in [0.15, 0.2) is 0 Å². The average molecular weight is 218 g/mol. The molecule has 2 aromatic heterocycles. The Morgan fingerprint density at radius 1 is 1.40 bits per heavy atom. The molecule has 2 aromatic rings. The van der Waals surface area contributed by atoms with Crippen molar-refractivity contribution in [2.75, 3.05) is 6.61 Å². The molecule has 2 rings (SSSR count). The summed E-state index contributed by atoms with van der Waals surface area (Å²) in [4.78, 5) is 9.35. The molecule has 15 heavy (non-hydrogen) atoms. The molecule has 0 aliphatic rings. The Balaban J connectivity index is 2.37. The lowest BCUT2D eigenvalue weighted by Gasteiger charge is -1.97. The number of hydrogen-bond donors (Lipinski definition) is 1. The van der Waals surface area contributed by atoms with E-state index >= 15 is 0 Å². The molecule has 0 radical (unpaired) electrons. The van der Waals surface area contributed by atoms with Gasteiger partial charge in [-0.15, -0.1) is 11.3 Å². The highest BCUT2D eigenvalue weighted by Crippen LogP contribution is 2.28. The molecular formula is C11H10N2OS. The zero-order valence-corrected chi connectivity index (χ0v) is 8.81. The summed E-state index contributed by atoms with van der Waals surface area (Å²) < 4.78 is 0. The summed E-state index contributed by atoms with van der Waals surface area (Å²) in [5.41, 5.74) is 1.93. The molecule has 0 aromatic carbocycles. The van der Waals surface area contributed by atoms with Crippen LogP contribution in [-0.2, 0) is 0 Å². The molecule has 3 nitrogen and oxygen atoms in total. The van der Waals surface area contributed by atoms with Crippen LogP contribution in [0.2, 0.25) is 0 Å². The number of aliphatic hydroxyl groups excluding tert-OH is 1. The van der Waals surface area contributed by atoms with E-state index < -0.39 is 0 Å². The molecule has 76 valence electrons. The summed E-state index contributed by atoms with van der Waals surface area (Å²) in [6.45, 7) is 0.0513. The summed E-state index contributed by atoms with van der Waals surface area (Å²) in [5, 5.41) is 10.7. The van der Waals surface area contributed by atoms with E-state index in [4.69, 9.17) is 5.11 Å². The molecular weight excluding hydrogens is 208 g/mol. The van der Waals surface area contributed by atoms with Crippen molar-refractivity contribution in [3.63, 3.8) is 0 Å². The van der Waals surface area contributed by atoms with Crippen LogP contribution in [0.3, 0.4) is 0 Å². The fraction of sp³-hybridized carbons (Fsp3) is 0.0909. The Morgan fingerprint density at radius 2 is 2.33 bits per heavy atom. The van der Waals surface area contributed by atoms with Crippen molar-refractivity contribution < 1.29 is 5.11 Å². The van der Waals surface area contributed by atoms with Gasteiger partial charge in [-0.25, -0.2) is 0 Å². The Labute approximate surface area is 91.8 Å². The smallest absolute Gasteiger partial charge is 0.0990 e. The summed E-state index contributed by atoms with van der Waals surface area (Å²) >= 11 is 1.62. The highest BCUT2D eigenvalue weighted by molar-refractivity contribution is 7.13. The van der Waals surface area contributed by atoms with E-state index in [-0.39, 0.29) is 6.61 Å². The number of aliphatic hydroxyl groups is 1. The molecule has 0 atom stereocenters. The lowest BCUT2D eigenvalue weighted by atomic mass is 10.2. The third-order valence-electron chi connectivity index (χ3n) is 1.89. The van der Waals surface area contributed by atoms with Gasteiger partial charge in [-0.2, -0.15) is 0 Å². The largest absolute Gasteiger partial charge is 0.392 e. The summed E-state index contributed by atoms with van der Waals surface area (Å²) in [7, 11) is 0. The molecule has 0 fully saturated rings. The predicted octanol–water partition coefficient (Wildman–Crippen LogP) is 2.21. The topological polar surface area (TPSA) is 46.0 Å². The Hall–Kier alpha value is -1.52. The van der Waals surface area contributed by atoms with Gasteiger partial charge in [0.1, 0.15) is 0 Å². The number of thiophene rings is 1. The first kappa shape index (κ1) is 10.0. The maximum atomic E-state index is 8.72. The number of aromatic nitrogens is 2. The first-order valence-electron chi connectivity index (χ1n) is 4.53. The van der Waals surface area contributed by atoms with Gasteiger partial charge < -0.3 is 5.11 Å². The normalized spacial score (nSPS) is 11.0. The SMILES string of the molecule is OC/C=C/c1ccsc1-c1cnccn1. The second-order valence-electron chi connectivity index (χ2n) is 2.88. The van der Waals surface area contributed by atoms with E-state index in [2.05, 4.69) is 9.97 Å². The van der Waals surface area contributed by atoms with Gasteiger partial charge in [-0.1, -0.05) is 12.2 Å². The van der Waals surface area contributed by atoms with Gasteiger partial charge in [0.2, 0.25) is 0 Å². The number of hydrogen-bond acceptors (Lipinski definition) is 4. The lowest BCUT2D eigenvalue weighted by molar-refractivity contribution is 0.343. The van der Waals surface area contributed by atoms with E-state index in [1.54, 1.807) is 36.0 Å². The third-order valence-corrected chi connectivity index (χ3v) is 2.85. The Bertz CT molecular complexity index is 451. The average Bonchev–Trinajstić information content (AvgIpc) is 2.75. The van der Waals surface area contributed by atoms with Gasteiger partial charge in [0.05, 0.1) is 23.4 Å². The van der Waals surface area contributed by atoms with Crippen molar-refractivity contribution >= 4 is 17.4 Å². The van der Waals surface area contributed by atoms with Crippen molar-refractivity contribution in [3.05, 3.63) is 41.7 Å². The van der Waals surface area contributed by atoms with E-state index in [1.165, 1.54) is 0 Å². The van der Waals surface area contributed by atoms with Crippen molar-refractivity contribution in [1.29, 1.82) is 0 Å². The molecule has 0 saturated heterocycles. The maximum absolute atomic E-state index is 8.72. The zero-order chi connectivity index (χ0) is 10.5. The highest BCUT2D eigenvalue weighted by atomic mass is 32.1. The molecule has 2 heterocycles. The second kappa shape index (κ2) is 4.82. The van der Waals surface area contributed by atoms with Crippen LogP contribution in [0.5, 0.6) is 0 Å². The van der Waals surface area contributed by atoms with Crippen LogP contribution in [0.1, 0.15) is 5.56 Å². The monoisotopic (exact) mass is 218 g/mol. The summed E-state index contributed by atoms with van der Waals surface area (Å²) in [6, 6.07) is 2.00. The molecule has 0 unspecified atom stereocenters. The first-order chi connectivity index (χ1) is 7.42. The van der Waals surface area contributed by atoms with Gasteiger partial charge in [-0.3, -0.25) is 9.97 Å². The van der Waals surface area contributed by atoms with Gasteiger partial charge in [-0.05, 0) is 17.0 Å². The van der Waals surface area contributed by atoms with Crippen LogP contribution in [0, 0.1) is 0 Å². The van der Waals surface area contributed by atoms with Crippen molar-refractivity contribution in [2.45, 2.75) is 0 Å². The van der Waals surface area contributed by atoms with Crippen LogP contribution in [0.25, 0.3) is 16.6 Å². The minimum Gasteiger partial charge on any atom is -0.392 e. The van der Waals surface area contributed by atoms with E-state index in [0.717, 1.165) is 16.1 Å². The number of rotatable bonds is 3. The fourth-order valence-electron chi connectivity index (χ4n) is 1.25. The van der Waals surface area contributed by atoms with Gasteiger partial charge >= 0.3 is 0 Å². The van der Waals surface area contributed by atoms with Crippen molar-refractivity contribution in [2.24, 2.45) is 0 Å². The van der Waals surface area contributed by atoms with Crippen LogP contribution < -0.4 is 0 Å². The molecule has 1 N–H and O–H groups in total. The quantitative estimate of drug-likeness (QED) is 0.859. The highest BCUT2D eigenvalue weighted by Gasteiger charge is 2.04. The van der Waals surface area contributed by atoms with Gasteiger partial charge in [0.25, 0.3) is 0 Å². The molecule has 0 amide bonds. The Morgan fingerprint density at radius 3 is 3.07 bits per heavy atom. The molecule has 0 aliphatic carbocycles. The third kappa shape index (κ3) is 2.29. The van der Waals surface area contributed by atoms with E-state index in [0.29, 0.717) is 0 Å². The Kier molecular flexibility index (Phi) is 3.22. The standard InChI is InChI=1S/C11H10N2OS/c14-6-1-2-9-3-7-15-11(9)10-8-12-4-5-13-10/h1-5,7-8,14H,6H2/b2-1+. The van der Waals surface area contributed by atoms with Crippen molar-refractivity contribution in [3.8, 4) is 10.6 Å². The maximum Gasteiger partial charge on any atom is 0.0990 e. The zero-order valence-electron chi connectivity index (χ0n) is 8.00. The molecule has 0 aliphatic heterocycles. The second-order valence-corrected chi connectivity index (χ2v) is 3.80. The minimum absolute atomic E-state index is 0.0513. The van der Waals surface area contributed by atoms with Crippen LogP contribution in [-0.4, -0.2) is 21.7 Å². The van der Waals surface area contributed by atoms with Crippen LogP contribution >= 0.6 is 11.3 Å². The van der Waals surface area contributed by atoms with E-state index in [9.17, 15) is 0 Å². The number of nitrogens with zero attached hydrogens (tertiary/aromatic N) is 2. The minimum atomic E-state index is 0.0513. The lowest BCUT2D eigenvalue weighted by Crippen LogP contribution is -1.83. The molecule has 0 spiro atoms. The summed E-state index contributed by atoms with van der Waals surface area (Å²) in [6.07, 6.45) is 8.67. The van der Waals surface area contributed by atoms with Crippen molar-refractivity contribution in [1.82, 2.24) is 9.97 Å². The van der Waals surface area contributed by atoms with E-state index in [1.807, 2.05) is 17.5 Å². The fourth-order valence-corrected chi connectivity index (χ4v) is 2.10. The molecule has 4 heteroatoms. The predicted molar refractivity (Wildman–Crippen MR) is 61.5 cm³/mol. The summed E-state index contributed by atoms with van der Waals surface area (Å²) in [5.74, 6) is 0. The first-order valence-corrected chi connectivity index (χ1v) is 5.41. The van der Waals surface area contributed by atoms with Crippen LogP contribution in [0.4, 0.5) is 0 Å².